The summed E-state index contributed by atoms with van der Waals surface area (Å²) < 4.78 is 33.7. The first-order chi connectivity index (χ1) is 12.4. The summed E-state index contributed by atoms with van der Waals surface area (Å²) in [5, 5.41) is 2.65. The molecule has 0 unspecified atom stereocenters. The zero-order valence-corrected chi connectivity index (χ0v) is 15.1. The SMILES string of the molecule is CCOC(=O)C1CCN(CC(=O)Nc2ccc(OC(F)F)c(Cl)c2)CC1. The van der Waals surface area contributed by atoms with Gasteiger partial charge in [0.15, 0.2) is 0 Å². The number of ether oxygens (including phenoxy) is 2. The Morgan fingerprint density at radius 2 is 2.04 bits per heavy atom. The fraction of sp³-hybridized carbons (Fsp3) is 0.529. The van der Waals surface area contributed by atoms with Crippen LogP contribution in [0.2, 0.25) is 5.02 Å². The zero-order chi connectivity index (χ0) is 19.1. The smallest absolute Gasteiger partial charge is 0.387 e. The molecule has 0 bridgehead atoms. The van der Waals surface area contributed by atoms with E-state index in [1.165, 1.54) is 18.2 Å². The lowest BCUT2D eigenvalue weighted by molar-refractivity contribution is -0.149. The minimum absolute atomic E-state index is 0.0154. The predicted octanol–water partition coefficient (Wildman–Crippen LogP) is 3.16. The van der Waals surface area contributed by atoms with Crippen LogP contribution in [0.4, 0.5) is 14.5 Å². The van der Waals surface area contributed by atoms with Crippen molar-refractivity contribution in [3.8, 4) is 5.75 Å². The van der Waals surface area contributed by atoms with E-state index in [1.807, 2.05) is 4.90 Å². The first-order valence-electron chi connectivity index (χ1n) is 8.32. The molecule has 26 heavy (non-hydrogen) atoms. The average molecular weight is 391 g/mol. The van der Waals surface area contributed by atoms with Crippen molar-refractivity contribution >= 4 is 29.2 Å². The highest BCUT2D eigenvalue weighted by molar-refractivity contribution is 6.32. The van der Waals surface area contributed by atoms with Gasteiger partial charge >= 0.3 is 12.6 Å². The Morgan fingerprint density at radius 1 is 1.35 bits per heavy atom. The van der Waals surface area contributed by atoms with Gasteiger partial charge in [-0.15, -0.1) is 0 Å². The fourth-order valence-electron chi connectivity index (χ4n) is 2.76. The molecule has 1 aromatic rings. The van der Waals surface area contributed by atoms with Crippen LogP contribution in [0.25, 0.3) is 0 Å². The van der Waals surface area contributed by atoms with Crippen LogP contribution in [0.5, 0.6) is 5.75 Å². The Morgan fingerprint density at radius 3 is 2.62 bits per heavy atom. The number of amides is 1. The van der Waals surface area contributed by atoms with E-state index in [0.717, 1.165) is 0 Å². The van der Waals surface area contributed by atoms with E-state index < -0.39 is 6.61 Å². The van der Waals surface area contributed by atoms with E-state index in [-0.39, 0.29) is 35.1 Å². The Hall–Kier alpha value is -1.93. The molecular formula is C17H21ClF2N2O4. The lowest BCUT2D eigenvalue weighted by atomic mass is 9.97. The van der Waals surface area contributed by atoms with Gasteiger partial charge in [0.05, 0.1) is 24.1 Å². The van der Waals surface area contributed by atoms with Crippen LogP contribution < -0.4 is 10.1 Å². The van der Waals surface area contributed by atoms with Gasteiger partial charge in [-0.25, -0.2) is 0 Å². The monoisotopic (exact) mass is 390 g/mol. The van der Waals surface area contributed by atoms with E-state index in [9.17, 15) is 18.4 Å². The number of rotatable bonds is 7. The van der Waals surface area contributed by atoms with Crippen molar-refractivity contribution in [3.05, 3.63) is 23.2 Å². The number of likely N-dealkylation sites (tertiary alicyclic amines) is 1. The molecule has 144 valence electrons. The van der Waals surface area contributed by atoms with Gasteiger partial charge < -0.3 is 14.8 Å². The Labute approximate surface area is 155 Å². The third-order valence-electron chi connectivity index (χ3n) is 4.01. The van der Waals surface area contributed by atoms with E-state index >= 15 is 0 Å². The molecule has 0 radical (unpaired) electrons. The summed E-state index contributed by atoms with van der Waals surface area (Å²) in [5.41, 5.74) is 0.392. The van der Waals surface area contributed by atoms with Gasteiger partial charge in [-0.05, 0) is 51.1 Å². The maximum Gasteiger partial charge on any atom is 0.387 e. The molecule has 2 rings (SSSR count). The van der Waals surface area contributed by atoms with Crippen molar-refractivity contribution < 1.29 is 27.8 Å². The van der Waals surface area contributed by atoms with Gasteiger partial charge in [0.2, 0.25) is 5.91 Å². The summed E-state index contributed by atoms with van der Waals surface area (Å²) in [5.74, 6) is -0.702. The number of anilines is 1. The van der Waals surface area contributed by atoms with Gasteiger partial charge in [-0.3, -0.25) is 14.5 Å². The topological polar surface area (TPSA) is 67.9 Å². The molecule has 1 fully saturated rings. The van der Waals surface area contributed by atoms with Crippen molar-refractivity contribution in [2.75, 3.05) is 31.6 Å². The van der Waals surface area contributed by atoms with Crippen molar-refractivity contribution in [2.24, 2.45) is 5.92 Å². The third-order valence-corrected chi connectivity index (χ3v) is 4.30. The van der Waals surface area contributed by atoms with E-state index in [1.54, 1.807) is 6.92 Å². The second-order valence-corrected chi connectivity index (χ2v) is 6.28. The van der Waals surface area contributed by atoms with Crippen LogP contribution in [0.1, 0.15) is 19.8 Å². The molecule has 0 aromatic heterocycles. The number of nitrogens with one attached hydrogen (secondary N) is 1. The van der Waals surface area contributed by atoms with Crippen LogP contribution in [0, 0.1) is 5.92 Å². The van der Waals surface area contributed by atoms with Gasteiger partial charge in [-0.2, -0.15) is 8.78 Å². The standard InChI is InChI=1S/C17H21ClF2N2O4/c1-2-25-16(24)11-5-7-22(8-6-11)10-15(23)21-12-3-4-14(13(18)9-12)26-17(19)20/h3-4,9,11,17H,2,5-8,10H2,1H3,(H,21,23). The van der Waals surface area contributed by atoms with Crippen LogP contribution in [-0.4, -0.2) is 49.6 Å². The molecule has 1 heterocycles. The molecule has 6 nitrogen and oxygen atoms in total. The van der Waals surface area contributed by atoms with Crippen molar-refractivity contribution in [2.45, 2.75) is 26.4 Å². The Balaban J connectivity index is 1.80. The third kappa shape index (κ3) is 6.10. The minimum atomic E-state index is -2.97. The molecule has 0 atom stereocenters. The largest absolute Gasteiger partial charge is 0.466 e. The van der Waals surface area contributed by atoms with Crippen LogP contribution in [-0.2, 0) is 14.3 Å². The highest BCUT2D eigenvalue weighted by Gasteiger charge is 2.26. The Kier molecular flexibility index (Phi) is 7.59. The van der Waals surface area contributed by atoms with E-state index in [2.05, 4.69) is 10.1 Å². The molecule has 1 aromatic carbocycles. The molecule has 1 amide bonds. The molecule has 9 heteroatoms. The molecule has 0 aliphatic carbocycles. The highest BCUT2D eigenvalue weighted by atomic mass is 35.5. The number of hydrogen-bond donors (Lipinski definition) is 1. The molecule has 0 spiro atoms. The first kappa shape index (κ1) is 20.4. The van der Waals surface area contributed by atoms with Crippen molar-refractivity contribution in [3.63, 3.8) is 0 Å². The van der Waals surface area contributed by atoms with Crippen molar-refractivity contribution in [1.82, 2.24) is 4.90 Å². The van der Waals surface area contributed by atoms with Crippen LogP contribution in [0.15, 0.2) is 18.2 Å². The fourth-order valence-corrected chi connectivity index (χ4v) is 2.99. The average Bonchev–Trinajstić information content (AvgIpc) is 2.58. The van der Waals surface area contributed by atoms with Gasteiger partial charge in [0.1, 0.15) is 5.75 Å². The lowest BCUT2D eigenvalue weighted by Gasteiger charge is -2.30. The van der Waals surface area contributed by atoms with Crippen LogP contribution in [0.3, 0.4) is 0 Å². The summed E-state index contributed by atoms with van der Waals surface area (Å²) in [7, 11) is 0. The normalized spacial score (nSPS) is 15.7. The summed E-state index contributed by atoms with van der Waals surface area (Å²) in [6, 6.07) is 4.06. The molecule has 1 saturated heterocycles. The number of hydrogen-bond acceptors (Lipinski definition) is 5. The van der Waals surface area contributed by atoms with E-state index in [4.69, 9.17) is 16.3 Å². The molecular weight excluding hydrogens is 370 g/mol. The Bertz CT molecular complexity index is 637. The zero-order valence-electron chi connectivity index (χ0n) is 14.3. The number of carbonyl (C=O) groups excluding carboxylic acids is 2. The quantitative estimate of drug-likeness (QED) is 0.724. The number of nitrogens with zero attached hydrogens (tertiary/aromatic N) is 1. The minimum Gasteiger partial charge on any atom is -0.466 e. The number of alkyl halides is 2. The number of halogens is 3. The molecule has 1 N–H and O–H groups in total. The van der Waals surface area contributed by atoms with Crippen molar-refractivity contribution in [1.29, 1.82) is 0 Å². The predicted molar refractivity (Wildman–Crippen MR) is 92.5 cm³/mol. The first-order valence-corrected chi connectivity index (χ1v) is 8.70. The maximum absolute atomic E-state index is 12.2. The number of carbonyl (C=O) groups is 2. The molecule has 0 saturated carbocycles. The second-order valence-electron chi connectivity index (χ2n) is 5.87. The highest BCUT2D eigenvalue weighted by Crippen LogP contribution is 2.29. The number of piperidine rings is 1. The molecule has 1 aliphatic heterocycles. The summed E-state index contributed by atoms with van der Waals surface area (Å²) in [6.07, 6.45) is 1.30. The van der Waals surface area contributed by atoms with Gasteiger partial charge in [-0.1, -0.05) is 11.6 Å². The maximum atomic E-state index is 12.2. The van der Waals surface area contributed by atoms with Gasteiger partial charge in [0.25, 0.3) is 0 Å². The molecule has 1 aliphatic rings. The van der Waals surface area contributed by atoms with E-state index in [0.29, 0.717) is 38.2 Å². The number of esters is 1. The summed E-state index contributed by atoms with van der Waals surface area (Å²) >= 11 is 5.86. The lowest BCUT2D eigenvalue weighted by Crippen LogP contribution is -2.41. The number of benzene rings is 1. The van der Waals surface area contributed by atoms with Crippen LogP contribution >= 0.6 is 11.6 Å². The van der Waals surface area contributed by atoms with Gasteiger partial charge in [0, 0.05) is 5.69 Å². The second kappa shape index (κ2) is 9.68. The summed E-state index contributed by atoms with van der Waals surface area (Å²) in [6.45, 7) is 0.589. The summed E-state index contributed by atoms with van der Waals surface area (Å²) in [4.78, 5) is 25.8.